The lowest BCUT2D eigenvalue weighted by molar-refractivity contribution is -0.135. The van der Waals surface area contributed by atoms with Crippen molar-refractivity contribution >= 4 is 23.2 Å². The molecule has 0 saturated carbocycles. The molecule has 1 aliphatic rings. The lowest BCUT2D eigenvalue weighted by Gasteiger charge is -2.28. The largest absolute Gasteiger partial charge is 0.378 e. The van der Waals surface area contributed by atoms with Gasteiger partial charge in [0.1, 0.15) is 0 Å². The molecule has 0 radical (unpaired) electrons. The lowest BCUT2D eigenvalue weighted by Crippen LogP contribution is -2.46. The van der Waals surface area contributed by atoms with Crippen LogP contribution in [-0.2, 0) is 9.53 Å². The first kappa shape index (κ1) is 13.0. The Morgan fingerprint density at radius 1 is 1.44 bits per heavy atom. The van der Waals surface area contributed by atoms with Crippen LogP contribution in [0.25, 0.3) is 0 Å². The molecule has 0 spiro atoms. The Kier molecular flexibility index (Phi) is 4.33. The van der Waals surface area contributed by atoms with Crippen molar-refractivity contribution in [1.82, 2.24) is 9.80 Å². The van der Waals surface area contributed by atoms with Crippen LogP contribution in [0, 0.1) is 0 Å². The van der Waals surface area contributed by atoms with Crippen LogP contribution in [0.1, 0.15) is 9.67 Å². The Hall–Kier alpha value is -1.40. The van der Waals surface area contributed by atoms with Gasteiger partial charge < -0.3 is 14.5 Å². The number of hydrogen-bond donors (Lipinski definition) is 0. The van der Waals surface area contributed by atoms with Crippen LogP contribution in [0.3, 0.4) is 0 Å². The molecule has 2 rings (SSSR count). The number of likely N-dealkylation sites (N-methyl/N-ethyl adjacent to an activating group) is 1. The van der Waals surface area contributed by atoms with Crippen LogP contribution in [0.15, 0.2) is 17.5 Å². The topological polar surface area (TPSA) is 49.9 Å². The minimum atomic E-state index is -0.105. The summed E-state index contributed by atoms with van der Waals surface area (Å²) >= 11 is 1.39. The van der Waals surface area contributed by atoms with Crippen molar-refractivity contribution in [2.24, 2.45) is 0 Å². The number of nitrogens with zero attached hydrogens (tertiary/aromatic N) is 2. The van der Waals surface area contributed by atoms with Crippen LogP contribution in [-0.4, -0.2) is 61.5 Å². The van der Waals surface area contributed by atoms with Crippen LogP contribution >= 0.6 is 11.3 Å². The van der Waals surface area contributed by atoms with Gasteiger partial charge in [0, 0.05) is 20.1 Å². The maximum atomic E-state index is 12.0. The van der Waals surface area contributed by atoms with E-state index in [2.05, 4.69) is 0 Å². The molecule has 1 saturated heterocycles. The molecule has 6 heteroatoms. The van der Waals surface area contributed by atoms with Crippen molar-refractivity contribution in [2.75, 3.05) is 39.9 Å². The molecule has 2 heterocycles. The van der Waals surface area contributed by atoms with E-state index >= 15 is 0 Å². The number of carbonyl (C=O) groups is 2. The number of hydrogen-bond acceptors (Lipinski definition) is 4. The molecule has 0 aliphatic carbocycles. The Morgan fingerprint density at radius 2 is 2.17 bits per heavy atom. The first-order valence-electron chi connectivity index (χ1n) is 5.83. The second-order valence-corrected chi connectivity index (χ2v) is 5.08. The predicted octanol–water partition coefficient (Wildman–Crippen LogP) is 0.679. The van der Waals surface area contributed by atoms with Crippen molar-refractivity contribution in [1.29, 1.82) is 0 Å². The van der Waals surface area contributed by atoms with Gasteiger partial charge in [-0.15, -0.1) is 11.3 Å². The number of morpholine rings is 1. The summed E-state index contributed by atoms with van der Waals surface area (Å²) in [6.07, 6.45) is 0. The third-order valence-electron chi connectivity index (χ3n) is 2.81. The Balaban J connectivity index is 1.88. The van der Waals surface area contributed by atoms with Gasteiger partial charge in [0.25, 0.3) is 5.91 Å². The highest BCUT2D eigenvalue weighted by Gasteiger charge is 2.21. The van der Waals surface area contributed by atoms with Gasteiger partial charge in [-0.05, 0) is 11.4 Å². The molecule has 0 atom stereocenters. The predicted molar refractivity (Wildman–Crippen MR) is 68.7 cm³/mol. The summed E-state index contributed by atoms with van der Waals surface area (Å²) in [5.41, 5.74) is 0. The van der Waals surface area contributed by atoms with Crippen molar-refractivity contribution in [3.8, 4) is 0 Å². The Labute approximate surface area is 110 Å². The van der Waals surface area contributed by atoms with Gasteiger partial charge in [-0.2, -0.15) is 0 Å². The zero-order chi connectivity index (χ0) is 13.0. The van der Waals surface area contributed by atoms with Gasteiger partial charge >= 0.3 is 0 Å². The summed E-state index contributed by atoms with van der Waals surface area (Å²) in [6.45, 7) is 2.50. The highest BCUT2D eigenvalue weighted by molar-refractivity contribution is 7.12. The first-order valence-corrected chi connectivity index (χ1v) is 6.71. The smallest absolute Gasteiger partial charge is 0.264 e. The van der Waals surface area contributed by atoms with Gasteiger partial charge in [-0.1, -0.05) is 6.07 Å². The zero-order valence-corrected chi connectivity index (χ0v) is 11.1. The van der Waals surface area contributed by atoms with E-state index in [1.54, 1.807) is 18.0 Å². The van der Waals surface area contributed by atoms with E-state index in [1.807, 2.05) is 11.4 Å². The molecule has 98 valence electrons. The number of ether oxygens (including phenoxy) is 1. The van der Waals surface area contributed by atoms with Gasteiger partial charge in [0.05, 0.1) is 24.6 Å². The second-order valence-electron chi connectivity index (χ2n) is 4.13. The standard InChI is InChI=1S/C12H16N2O3S/c1-13(12(16)10-3-2-8-18-10)9-11(15)14-4-6-17-7-5-14/h2-3,8H,4-7,9H2,1H3. The quantitative estimate of drug-likeness (QED) is 0.810. The average molecular weight is 268 g/mol. The van der Waals surface area contributed by atoms with Crippen LogP contribution in [0.2, 0.25) is 0 Å². The van der Waals surface area contributed by atoms with Gasteiger partial charge in [0.2, 0.25) is 5.91 Å². The Morgan fingerprint density at radius 3 is 2.78 bits per heavy atom. The fourth-order valence-corrected chi connectivity index (χ4v) is 2.49. The van der Waals surface area contributed by atoms with Crippen LogP contribution in [0.4, 0.5) is 0 Å². The zero-order valence-electron chi connectivity index (χ0n) is 10.3. The van der Waals surface area contributed by atoms with Gasteiger partial charge in [-0.25, -0.2) is 0 Å². The molecular weight excluding hydrogens is 252 g/mol. The minimum absolute atomic E-state index is 0.0225. The number of amides is 2. The second kappa shape index (κ2) is 5.97. The lowest BCUT2D eigenvalue weighted by atomic mass is 10.3. The van der Waals surface area contributed by atoms with Crippen molar-refractivity contribution in [2.45, 2.75) is 0 Å². The molecule has 2 amide bonds. The molecule has 0 N–H and O–H groups in total. The third-order valence-corrected chi connectivity index (χ3v) is 3.67. The minimum Gasteiger partial charge on any atom is -0.378 e. The van der Waals surface area contributed by atoms with Crippen LogP contribution < -0.4 is 0 Å². The summed E-state index contributed by atoms with van der Waals surface area (Å²) in [6, 6.07) is 3.60. The fraction of sp³-hybridized carbons (Fsp3) is 0.500. The monoisotopic (exact) mass is 268 g/mol. The number of thiophene rings is 1. The van der Waals surface area contributed by atoms with E-state index in [-0.39, 0.29) is 18.4 Å². The molecular formula is C12H16N2O3S. The van der Waals surface area contributed by atoms with Crippen molar-refractivity contribution in [3.05, 3.63) is 22.4 Å². The maximum absolute atomic E-state index is 12.0. The molecule has 1 aromatic rings. The number of carbonyl (C=O) groups excluding carboxylic acids is 2. The average Bonchev–Trinajstić information content (AvgIpc) is 2.92. The first-order chi connectivity index (χ1) is 8.68. The fourth-order valence-electron chi connectivity index (χ4n) is 1.78. The van der Waals surface area contributed by atoms with Crippen molar-refractivity contribution in [3.63, 3.8) is 0 Å². The summed E-state index contributed by atoms with van der Waals surface area (Å²) in [5, 5.41) is 1.85. The van der Waals surface area contributed by atoms with Crippen molar-refractivity contribution < 1.29 is 14.3 Å². The molecule has 1 aromatic heterocycles. The summed E-state index contributed by atoms with van der Waals surface area (Å²) in [5.74, 6) is -0.127. The SMILES string of the molecule is CN(CC(=O)N1CCOCC1)C(=O)c1cccs1. The third kappa shape index (κ3) is 3.08. The summed E-state index contributed by atoms with van der Waals surface area (Å²) in [7, 11) is 1.65. The van der Waals surface area contributed by atoms with Gasteiger partial charge in [-0.3, -0.25) is 9.59 Å². The van der Waals surface area contributed by atoms with E-state index in [1.165, 1.54) is 16.2 Å². The molecule has 0 bridgehead atoms. The highest BCUT2D eigenvalue weighted by atomic mass is 32.1. The van der Waals surface area contributed by atoms with E-state index in [0.717, 1.165) is 0 Å². The molecule has 1 fully saturated rings. The van der Waals surface area contributed by atoms with Crippen LogP contribution in [0.5, 0.6) is 0 Å². The van der Waals surface area contributed by atoms with E-state index in [9.17, 15) is 9.59 Å². The maximum Gasteiger partial charge on any atom is 0.264 e. The van der Waals surface area contributed by atoms with E-state index < -0.39 is 0 Å². The van der Waals surface area contributed by atoms with E-state index in [4.69, 9.17) is 4.74 Å². The molecule has 5 nitrogen and oxygen atoms in total. The Bertz CT molecular complexity index is 413. The molecule has 0 aromatic carbocycles. The molecule has 0 unspecified atom stereocenters. The summed E-state index contributed by atoms with van der Waals surface area (Å²) < 4.78 is 5.19. The molecule has 1 aliphatic heterocycles. The van der Waals surface area contributed by atoms with E-state index in [0.29, 0.717) is 31.2 Å². The summed E-state index contributed by atoms with van der Waals surface area (Å²) in [4.78, 5) is 27.8. The number of rotatable bonds is 3. The molecule has 18 heavy (non-hydrogen) atoms. The normalized spacial score (nSPS) is 15.5. The van der Waals surface area contributed by atoms with Gasteiger partial charge in [0.15, 0.2) is 0 Å². The highest BCUT2D eigenvalue weighted by Crippen LogP contribution is 2.11.